The van der Waals surface area contributed by atoms with Crippen LogP contribution in [0, 0.1) is 23.2 Å². The molecule has 1 heterocycles. The lowest BCUT2D eigenvalue weighted by Gasteiger charge is -2.56. The second-order valence-corrected chi connectivity index (χ2v) is 8.05. The summed E-state index contributed by atoms with van der Waals surface area (Å²) in [6.07, 6.45) is 9.98. The van der Waals surface area contributed by atoms with E-state index in [9.17, 15) is 0 Å². The van der Waals surface area contributed by atoms with E-state index in [-0.39, 0.29) is 0 Å². The zero-order chi connectivity index (χ0) is 13.9. The average molecular weight is 280 g/mol. The van der Waals surface area contributed by atoms with Gasteiger partial charge in [0.05, 0.1) is 6.04 Å². The zero-order valence-corrected chi connectivity index (χ0v) is 12.6. The summed E-state index contributed by atoms with van der Waals surface area (Å²) >= 11 is 0. The van der Waals surface area contributed by atoms with Crippen molar-refractivity contribution in [1.82, 2.24) is 5.43 Å². The molecule has 2 heteroatoms. The molecular weight excluding hydrogens is 256 g/mol. The number of hydrogen-bond acceptors (Lipinski definition) is 2. The number of hydrogen-bond donors (Lipinski definition) is 1. The molecule has 4 saturated carbocycles. The van der Waals surface area contributed by atoms with Crippen LogP contribution in [-0.4, -0.2) is 5.71 Å². The second-order valence-electron chi connectivity index (χ2n) is 8.05. The summed E-state index contributed by atoms with van der Waals surface area (Å²) in [6, 6.07) is 11.2. The van der Waals surface area contributed by atoms with E-state index in [0.29, 0.717) is 11.5 Å². The minimum Gasteiger partial charge on any atom is -0.302 e. The maximum absolute atomic E-state index is 4.85. The molecule has 0 radical (unpaired) electrons. The van der Waals surface area contributed by atoms with Crippen LogP contribution >= 0.6 is 0 Å². The Morgan fingerprint density at radius 2 is 1.52 bits per heavy atom. The van der Waals surface area contributed by atoms with E-state index in [1.165, 1.54) is 49.8 Å². The highest BCUT2D eigenvalue weighted by Crippen LogP contribution is 2.61. The predicted molar refractivity (Wildman–Crippen MR) is 85.0 cm³/mol. The van der Waals surface area contributed by atoms with Gasteiger partial charge in [0, 0.05) is 17.5 Å². The highest BCUT2D eigenvalue weighted by molar-refractivity contribution is 5.92. The van der Waals surface area contributed by atoms with Gasteiger partial charge in [0.25, 0.3) is 0 Å². The van der Waals surface area contributed by atoms with Crippen molar-refractivity contribution in [2.45, 2.75) is 51.0 Å². The smallest absolute Gasteiger partial charge is 0.0742 e. The molecule has 2 nitrogen and oxygen atoms in total. The van der Waals surface area contributed by atoms with E-state index in [2.05, 4.69) is 35.8 Å². The van der Waals surface area contributed by atoms with Crippen LogP contribution in [0.5, 0.6) is 0 Å². The van der Waals surface area contributed by atoms with Gasteiger partial charge in [0.15, 0.2) is 0 Å². The van der Waals surface area contributed by atoms with Gasteiger partial charge in [-0.15, -0.1) is 0 Å². The van der Waals surface area contributed by atoms with E-state index in [4.69, 9.17) is 5.10 Å². The van der Waals surface area contributed by atoms with Crippen LogP contribution in [0.1, 0.15) is 56.6 Å². The van der Waals surface area contributed by atoms with Crippen molar-refractivity contribution in [2.24, 2.45) is 28.3 Å². The lowest BCUT2D eigenvalue weighted by Crippen LogP contribution is -2.49. The molecule has 21 heavy (non-hydrogen) atoms. The van der Waals surface area contributed by atoms with Gasteiger partial charge in [-0.05, 0) is 61.8 Å². The van der Waals surface area contributed by atoms with Gasteiger partial charge in [-0.1, -0.05) is 30.3 Å². The minimum absolute atomic E-state index is 0.411. The van der Waals surface area contributed by atoms with Crippen molar-refractivity contribution in [3.8, 4) is 0 Å². The van der Waals surface area contributed by atoms with Crippen LogP contribution < -0.4 is 5.43 Å². The summed E-state index contributed by atoms with van der Waals surface area (Å²) in [6.45, 7) is 0. The fourth-order valence-electron chi connectivity index (χ4n) is 6.12. The Balaban J connectivity index is 1.40. The molecule has 4 fully saturated rings. The average Bonchev–Trinajstić information content (AvgIpc) is 2.97. The van der Waals surface area contributed by atoms with Crippen LogP contribution in [0.3, 0.4) is 0 Å². The Kier molecular flexibility index (Phi) is 2.54. The molecule has 1 aromatic rings. The first-order chi connectivity index (χ1) is 10.3. The first kappa shape index (κ1) is 12.3. The molecule has 1 aliphatic heterocycles. The number of rotatable bonds is 2. The van der Waals surface area contributed by atoms with Gasteiger partial charge >= 0.3 is 0 Å². The summed E-state index contributed by atoms with van der Waals surface area (Å²) in [5.41, 5.74) is 6.81. The molecular formula is C19H24N2. The largest absolute Gasteiger partial charge is 0.302 e. The van der Waals surface area contributed by atoms with Gasteiger partial charge < -0.3 is 5.43 Å². The highest BCUT2D eigenvalue weighted by Gasteiger charge is 2.54. The Bertz CT molecular complexity index is 539. The SMILES string of the molecule is c1ccc(C2CC(C34CC5CC(CC(C5)C3)C4)=NN2)cc1. The van der Waals surface area contributed by atoms with Gasteiger partial charge in [0.1, 0.15) is 0 Å². The third kappa shape index (κ3) is 1.88. The maximum atomic E-state index is 4.85. The summed E-state index contributed by atoms with van der Waals surface area (Å²) in [5.74, 6) is 3.03. The molecule has 5 aliphatic rings. The fourth-order valence-corrected chi connectivity index (χ4v) is 6.12. The van der Waals surface area contributed by atoms with Crippen molar-refractivity contribution in [3.63, 3.8) is 0 Å². The van der Waals surface area contributed by atoms with E-state index >= 15 is 0 Å². The summed E-state index contributed by atoms with van der Waals surface area (Å²) in [4.78, 5) is 0. The molecule has 1 unspecified atom stereocenters. The van der Waals surface area contributed by atoms with Gasteiger partial charge in [-0.25, -0.2) is 0 Å². The van der Waals surface area contributed by atoms with Crippen LogP contribution in [0.25, 0.3) is 0 Å². The Hall–Kier alpha value is -1.31. The summed E-state index contributed by atoms with van der Waals surface area (Å²) < 4.78 is 0. The zero-order valence-electron chi connectivity index (χ0n) is 12.6. The Labute approximate surface area is 127 Å². The number of hydrazone groups is 1. The normalized spacial score (nSPS) is 43.7. The monoisotopic (exact) mass is 280 g/mol. The quantitative estimate of drug-likeness (QED) is 0.858. The van der Waals surface area contributed by atoms with Crippen molar-refractivity contribution in [3.05, 3.63) is 35.9 Å². The van der Waals surface area contributed by atoms with Crippen LogP contribution in [-0.2, 0) is 0 Å². The van der Waals surface area contributed by atoms with E-state index in [0.717, 1.165) is 24.2 Å². The molecule has 1 N–H and O–H groups in total. The minimum atomic E-state index is 0.411. The van der Waals surface area contributed by atoms with Crippen molar-refractivity contribution in [1.29, 1.82) is 0 Å². The summed E-state index contributed by atoms with van der Waals surface area (Å²) in [5, 5.41) is 4.85. The molecule has 4 bridgehead atoms. The van der Waals surface area contributed by atoms with Gasteiger partial charge in [-0.2, -0.15) is 5.10 Å². The standard InChI is InChI=1S/C19H24N2/c1-2-4-16(5-3-1)17-9-18(21-20-17)19-10-13-6-14(11-19)8-15(7-13)12-19/h1-5,13-15,17,20H,6-12H2. The third-order valence-corrected chi connectivity index (χ3v) is 6.61. The molecule has 0 spiro atoms. The molecule has 4 aliphatic carbocycles. The van der Waals surface area contributed by atoms with Crippen molar-refractivity contribution >= 4 is 5.71 Å². The molecule has 6 rings (SSSR count). The van der Waals surface area contributed by atoms with E-state index < -0.39 is 0 Å². The molecule has 110 valence electrons. The van der Waals surface area contributed by atoms with Crippen molar-refractivity contribution < 1.29 is 0 Å². The lowest BCUT2D eigenvalue weighted by molar-refractivity contribution is -0.0131. The van der Waals surface area contributed by atoms with Gasteiger partial charge in [-0.3, -0.25) is 0 Å². The molecule has 0 amide bonds. The van der Waals surface area contributed by atoms with Gasteiger partial charge in [0.2, 0.25) is 0 Å². The lowest BCUT2D eigenvalue weighted by atomic mass is 9.48. The van der Waals surface area contributed by atoms with Crippen LogP contribution in [0.15, 0.2) is 35.4 Å². The Morgan fingerprint density at radius 3 is 2.14 bits per heavy atom. The summed E-state index contributed by atoms with van der Waals surface area (Å²) in [7, 11) is 0. The fraction of sp³-hybridized carbons (Fsp3) is 0.632. The first-order valence-electron chi connectivity index (χ1n) is 8.68. The van der Waals surface area contributed by atoms with Crippen molar-refractivity contribution in [2.75, 3.05) is 0 Å². The van der Waals surface area contributed by atoms with Crippen LogP contribution in [0.4, 0.5) is 0 Å². The molecule has 0 aromatic heterocycles. The molecule has 1 atom stereocenters. The topological polar surface area (TPSA) is 24.4 Å². The number of benzene rings is 1. The Morgan fingerprint density at radius 1 is 0.905 bits per heavy atom. The molecule has 1 aromatic carbocycles. The second kappa shape index (κ2) is 4.34. The number of nitrogens with one attached hydrogen (secondary N) is 1. The van der Waals surface area contributed by atoms with E-state index in [1.807, 2.05) is 0 Å². The first-order valence-corrected chi connectivity index (χ1v) is 8.68. The number of nitrogens with zero attached hydrogens (tertiary/aromatic N) is 1. The van der Waals surface area contributed by atoms with Crippen LogP contribution in [0.2, 0.25) is 0 Å². The van der Waals surface area contributed by atoms with E-state index in [1.54, 1.807) is 0 Å². The highest BCUT2D eigenvalue weighted by atomic mass is 15.3. The predicted octanol–water partition coefficient (Wildman–Crippen LogP) is 4.29. The maximum Gasteiger partial charge on any atom is 0.0742 e. The third-order valence-electron chi connectivity index (χ3n) is 6.61. The molecule has 0 saturated heterocycles.